The summed E-state index contributed by atoms with van der Waals surface area (Å²) < 4.78 is 5.47. The van der Waals surface area contributed by atoms with Crippen molar-refractivity contribution in [3.63, 3.8) is 0 Å². The molecule has 1 nitrogen and oxygen atoms in total. The largest absolute Gasteiger partial charge is 0.379 e. The lowest BCUT2D eigenvalue weighted by Gasteiger charge is -2.32. The third kappa shape index (κ3) is 6.19. The highest BCUT2D eigenvalue weighted by Crippen LogP contribution is 2.34. The second-order valence-electron chi connectivity index (χ2n) is 5.29. The van der Waals surface area contributed by atoms with Crippen LogP contribution in [0, 0.1) is 11.8 Å². The maximum Gasteiger partial charge on any atom is 0.0625 e. The molecule has 0 atom stereocenters. The van der Waals surface area contributed by atoms with E-state index in [0.717, 1.165) is 11.8 Å². The van der Waals surface area contributed by atoms with Crippen molar-refractivity contribution in [3.05, 3.63) is 0 Å². The maximum atomic E-state index is 5.47. The van der Waals surface area contributed by atoms with E-state index in [4.69, 9.17) is 4.74 Å². The summed E-state index contributed by atoms with van der Waals surface area (Å²) in [5, 5.41) is 0. The van der Waals surface area contributed by atoms with Crippen LogP contribution >= 0.6 is 0 Å². The van der Waals surface area contributed by atoms with Crippen LogP contribution in [-0.4, -0.2) is 12.7 Å². The Kier molecular flexibility index (Phi) is 7.25. The molecule has 1 heteroatoms. The average molecular weight is 214 g/mol. The fourth-order valence-corrected chi connectivity index (χ4v) is 2.31. The van der Waals surface area contributed by atoms with Gasteiger partial charge in [-0.2, -0.15) is 0 Å². The van der Waals surface area contributed by atoms with Gasteiger partial charge in [0.05, 0.1) is 5.60 Å². The van der Waals surface area contributed by atoms with E-state index in [2.05, 4.69) is 20.8 Å². The van der Waals surface area contributed by atoms with Gasteiger partial charge in [0.15, 0.2) is 0 Å². The Bertz CT molecular complexity index is 143. The molecule has 0 amide bonds. The standard InChI is InChI=1S/C12H24O.C2H6/c1-10-5-7-11(8-6-10)9-12(2,3)13-4;1-2/h10-11H,5-9H2,1-4H3;1-2H3. The number of hydrogen-bond donors (Lipinski definition) is 0. The van der Waals surface area contributed by atoms with Gasteiger partial charge in [0, 0.05) is 7.11 Å². The number of rotatable bonds is 3. The molecule has 1 aliphatic carbocycles. The van der Waals surface area contributed by atoms with Gasteiger partial charge in [-0.1, -0.05) is 46.5 Å². The lowest BCUT2D eigenvalue weighted by atomic mass is 9.78. The molecule has 92 valence electrons. The van der Waals surface area contributed by atoms with Gasteiger partial charge in [0.25, 0.3) is 0 Å². The molecule has 0 N–H and O–H groups in total. The second-order valence-corrected chi connectivity index (χ2v) is 5.29. The van der Waals surface area contributed by atoms with Gasteiger partial charge in [-0.25, -0.2) is 0 Å². The SMILES string of the molecule is CC.COC(C)(C)CC1CCC(C)CC1. The van der Waals surface area contributed by atoms with E-state index in [1.54, 1.807) is 0 Å². The molecule has 0 heterocycles. The molecule has 0 radical (unpaired) electrons. The highest BCUT2D eigenvalue weighted by Gasteiger charge is 2.25. The molecular weight excluding hydrogens is 184 g/mol. The van der Waals surface area contributed by atoms with Crippen molar-refractivity contribution in [3.8, 4) is 0 Å². The zero-order valence-corrected chi connectivity index (χ0v) is 11.6. The van der Waals surface area contributed by atoms with Crippen LogP contribution in [0.1, 0.15) is 66.7 Å². The van der Waals surface area contributed by atoms with Gasteiger partial charge < -0.3 is 4.74 Å². The van der Waals surface area contributed by atoms with E-state index in [1.165, 1.54) is 32.1 Å². The quantitative estimate of drug-likeness (QED) is 0.664. The fraction of sp³-hybridized carbons (Fsp3) is 1.00. The zero-order valence-electron chi connectivity index (χ0n) is 11.6. The molecule has 1 aliphatic rings. The predicted molar refractivity (Wildman–Crippen MR) is 68.2 cm³/mol. The van der Waals surface area contributed by atoms with Crippen molar-refractivity contribution in [1.82, 2.24) is 0 Å². The van der Waals surface area contributed by atoms with Crippen LogP contribution in [0.15, 0.2) is 0 Å². The first-order chi connectivity index (χ1) is 7.03. The fourth-order valence-electron chi connectivity index (χ4n) is 2.31. The van der Waals surface area contributed by atoms with Crippen molar-refractivity contribution in [2.24, 2.45) is 11.8 Å². The minimum absolute atomic E-state index is 0.0885. The van der Waals surface area contributed by atoms with Crippen molar-refractivity contribution in [1.29, 1.82) is 0 Å². The first-order valence-corrected chi connectivity index (χ1v) is 6.58. The third-order valence-corrected chi connectivity index (χ3v) is 3.47. The summed E-state index contributed by atoms with van der Waals surface area (Å²) in [6, 6.07) is 0. The first kappa shape index (κ1) is 15.0. The molecule has 0 unspecified atom stereocenters. The zero-order chi connectivity index (χ0) is 11.9. The lowest BCUT2D eigenvalue weighted by molar-refractivity contribution is -0.00392. The van der Waals surface area contributed by atoms with Crippen LogP contribution in [0.4, 0.5) is 0 Å². The summed E-state index contributed by atoms with van der Waals surface area (Å²) in [5.41, 5.74) is 0.0885. The summed E-state index contributed by atoms with van der Waals surface area (Å²) in [4.78, 5) is 0. The highest BCUT2D eigenvalue weighted by atomic mass is 16.5. The Morgan fingerprint density at radius 2 is 1.53 bits per heavy atom. The smallest absolute Gasteiger partial charge is 0.0625 e. The Hall–Kier alpha value is -0.0400. The molecule has 0 aliphatic heterocycles. The minimum atomic E-state index is 0.0885. The van der Waals surface area contributed by atoms with Crippen LogP contribution in [0.25, 0.3) is 0 Å². The van der Waals surface area contributed by atoms with Crippen LogP contribution in [0.2, 0.25) is 0 Å². The van der Waals surface area contributed by atoms with E-state index < -0.39 is 0 Å². The lowest BCUT2D eigenvalue weighted by Crippen LogP contribution is -2.28. The maximum absolute atomic E-state index is 5.47. The van der Waals surface area contributed by atoms with E-state index in [1.807, 2.05) is 21.0 Å². The van der Waals surface area contributed by atoms with Gasteiger partial charge in [0.1, 0.15) is 0 Å². The molecule has 1 fully saturated rings. The highest BCUT2D eigenvalue weighted by molar-refractivity contribution is 4.77. The van der Waals surface area contributed by atoms with Gasteiger partial charge in [-0.3, -0.25) is 0 Å². The minimum Gasteiger partial charge on any atom is -0.379 e. The first-order valence-electron chi connectivity index (χ1n) is 6.58. The van der Waals surface area contributed by atoms with E-state index in [9.17, 15) is 0 Å². The molecule has 15 heavy (non-hydrogen) atoms. The van der Waals surface area contributed by atoms with Crippen LogP contribution in [0.5, 0.6) is 0 Å². The number of hydrogen-bond acceptors (Lipinski definition) is 1. The van der Waals surface area contributed by atoms with Crippen LogP contribution in [-0.2, 0) is 4.74 Å². The Labute approximate surface area is 96.6 Å². The molecule has 0 aromatic carbocycles. The summed E-state index contributed by atoms with van der Waals surface area (Å²) in [7, 11) is 1.82. The molecule has 1 saturated carbocycles. The molecular formula is C14H30O. The average Bonchev–Trinajstić information content (AvgIpc) is 2.24. The molecule has 1 rings (SSSR count). The van der Waals surface area contributed by atoms with Gasteiger partial charge >= 0.3 is 0 Å². The summed E-state index contributed by atoms with van der Waals surface area (Å²) in [6.07, 6.45) is 6.90. The van der Waals surface area contributed by atoms with Crippen LogP contribution in [0.3, 0.4) is 0 Å². The van der Waals surface area contributed by atoms with E-state index in [0.29, 0.717) is 0 Å². The Morgan fingerprint density at radius 1 is 1.07 bits per heavy atom. The predicted octanol–water partition coefficient (Wildman–Crippen LogP) is 4.65. The van der Waals surface area contributed by atoms with Crippen molar-refractivity contribution < 1.29 is 4.74 Å². The number of ether oxygens (including phenoxy) is 1. The normalized spacial score (nSPS) is 26.8. The Morgan fingerprint density at radius 3 is 1.93 bits per heavy atom. The summed E-state index contributed by atoms with van der Waals surface area (Å²) in [5.74, 6) is 1.87. The third-order valence-electron chi connectivity index (χ3n) is 3.47. The second kappa shape index (κ2) is 7.27. The van der Waals surface area contributed by atoms with E-state index >= 15 is 0 Å². The van der Waals surface area contributed by atoms with Gasteiger partial charge in [-0.15, -0.1) is 0 Å². The van der Waals surface area contributed by atoms with Crippen molar-refractivity contribution in [2.75, 3.05) is 7.11 Å². The van der Waals surface area contributed by atoms with Crippen molar-refractivity contribution >= 4 is 0 Å². The molecule has 0 spiro atoms. The van der Waals surface area contributed by atoms with Gasteiger partial charge in [-0.05, 0) is 32.1 Å². The molecule has 0 saturated heterocycles. The summed E-state index contributed by atoms with van der Waals surface area (Å²) in [6.45, 7) is 10.8. The number of methoxy groups -OCH3 is 1. The molecule has 0 aromatic rings. The molecule has 0 bridgehead atoms. The Balaban J connectivity index is 0.000000921. The van der Waals surface area contributed by atoms with Crippen LogP contribution < -0.4 is 0 Å². The van der Waals surface area contributed by atoms with E-state index in [-0.39, 0.29) is 5.60 Å². The summed E-state index contributed by atoms with van der Waals surface area (Å²) >= 11 is 0. The van der Waals surface area contributed by atoms with Crippen molar-refractivity contribution in [2.45, 2.75) is 72.3 Å². The monoisotopic (exact) mass is 214 g/mol. The topological polar surface area (TPSA) is 9.23 Å². The van der Waals surface area contributed by atoms with Gasteiger partial charge in [0.2, 0.25) is 0 Å². The molecule has 0 aromatic heterocycles.